The van der Waals surface area contributed by atoms with E-state index in [0.717, 1.165) is 48.2 Å². The van der Waals surface area contributed by atoms with Crippen LogP contribution in [-0.4, -0.2) is 39.1 Å². The number of imidazole rings is 1. The van der Waals surface area contributed by atoms with Gasteiger partial charge < -0.3 is 4.98 Å². The molecule has 7 nitrogen and oxygen atoms in total. The third-order valence-corrected chi connectivity index (χ3v) is 7.67. The number of fused-ring (bicyclic) bond motifs is 3. The molecule has 0 aliphatic heterocycles. The molecule has 3 atom stereocenters. The Hall–Kier alpha value is -2.19. The second-order valence-electron chi connectivity index (χ2n) is 7.38. The Morgan fingerprint density at radius 2 is 2.12 bits per heavy atom. The van der Waals surface area contributed by atoms with Crippen LogP contribution in [0, 0.1) is 5.92 Å². The van der Waals surface area contributed by atoms with Crippen molar-refractivity contribution in [2.45, 2.75) is 42.9 Å². The van der Waals surface area contributed by atoms with Crippen LogP contribution in [0.3, 0.4) is 0 Å². The Labute approximate surface area is 151 Å². The number of hydrogen-bond donors (Lipinski definition) is 2. The summed E-state index contributed by atoms with van der Waals surface area (Å²) in [6.45, 7) is 3.99. The molecule has 3 aromatic rings. The molecule has 2 fully saturated rings. The normalized spacial score (nSPS) is 26.7. The van der Waals surface area contributed by atoms with E-state index in [-0.39, 0.29) is 23.1 Å². The van der Waals surface area contributed by atoms with Crippen molar-refractivity contribution in [3.8, 4) is 0 Å². The summed E-state index contributed by atoms with van der Waals surface area (Å²) in [5.41, 5.74) is 3.69. The van der Waals surface area contributed by atoms with E-state index in [4.69, 9.17) is 0 Å². The Kier molecular flexibility index (Phi) is 3.48. The van der Waals surface area contributed by atoms with Crippen LogP contribution < -0.4 is 4.72 Å². The fourth-order valence-corrected chi connectivity index (χ4v) is 5.83. The SMILES string of the molecule is C=CC1CC(NS(=O)(=O)C2CC2)CC1c1cnc2cnc3[nH]ccc3n12. The van der Waals surface area contributed by atoms with E-state index in [1.807, 2.05) is 24.5 Å². The van der Waals surface area contributed by atoms with Crippen molar-refractivity contribution in [2.75, 3.05) is 0 Å². The Bertz CT molecular complexity index is 1100. The molecule has 2 aliphatic carbocycles. The number of rotatable bonds is 5. The topological polar surface area (TPSA) is 92.2 Å². The van der Waals surface area contributed by atoms with Crippen molar-refractivity contribution < 1.29 is 8.42 Å². The maximum absolute atomic E-state index is 12.3. The van der Waals surface area contributed by atoms with Crippen molar-refractivity contribution in [1.29, 1.82) is 0 Å². The van der Waals surface area contributed by atoms with Crippen LogP contribution in [0.4, 0.5) is 0 Å². The molecule has 2 saturated carbocycles. The number of aromatic nitrogens is 4. The molecule has 0 amide bonds. The van der Waals surface area contributed by atoms with Crippen LogP contribution in [-0.2, 0) is 10.0 Å². The first kappa shape index (κ1) is 16.0. The third kappa shape index (κ3) is 2.47. The summed E-state index contributed by atoms with van der Waals surface area (Å²) in [6.07, 6.45) is 10.6. The number of aromatic amines is 1. The van der Waals surface area contributed by atoms with Crippen LogP contribution in [0.25, 0.3) is 16.8 Å². The first-order valence-corrected chi connectivity index (χ1v) is 10.5. The van der Waals surface area contributed by atoms with Gasteiger partial charge in [-0.15, -0.1) is 6.58 Å². The number of H-pyrrole nitrogens is 1. The van der Waals surface area contributed by atoms with Crippen LogP contribution in [0.15, 0.2) is 37.3 Å². The van der Waals surface area contributed by atoms with Gasteiger partial charge in [-0.2, -0.15) is 0 Å². The van der Waals surface area contributed by atoms with E-state index in [1.54, 1.807) is 6.20 Å². The van der Waals surface area contributed by atoms with Crippen LogP contribution >= 0.6 is 0 Å². The predicted molar refractivity (Wildman–Crippen MR) is 99.4 cm³/mol. The summed E-state index contributed by atoms with van der Waals surface area (Å²) in [4.78, 5) is 12.0. The lowest BCUT2D eigenvalue weighted by atomic mass is 9.93. The zero-order valence-corrected chi connectivity index (χ0v) is 15.1. The Balaban J connectivity index is 1.51. The lowest BCUT2D eigenvalue weighted by Crippen LogP contribution is -2.35. The summed E-state index contributed by atoms with van der Waals surface area (Å²) in [5, 5.41) is -0.190. The lowest BCUT2D eigenvalue weighted by Gasteiger charge is -2.16. The summed E-state index contributed by atoms with van der Waals surface area (Å²) < 4.78 is 29.7. The summed E-state index contributed by atoms with van der Waals surface area (Å²) >= 11 is 0. The van der Waals surface area contributed by atoms with Crippen molar-refractivity contribution >= 4 is 26.8 Å². The minimum Gasteiger partial charge on any atom is -0.345 e. The highest BCUT2D eigenvalue weighted by Gasteiger charge is 2.41. The van der Waals surface area contributed by atoms with E-state index < -0.39 is 10.0 Å². The number of allylic oxidation sites excluding steroid dienone is 1. The molecule has 0 spiro atoms. The van der Waals surface area contributed by atoms with E-state index in [9.17, 15) is 8.42 Å². The molecule has 26 heavy (non-hydrogen) atoms. The molecule has 5 rings (SSSR count). The highest BCUT2D eigenvalue weighted by molar-refractivity contribution is 7.90. The maximum atomic E-state index is 12.3. The molecule has 3 aromatic heterocycles. The minimum absolute atomic E-state index is 0.0531. The molecule has 2 aliphatic rings. The Morgan fingerprint density at radius 3 is 2.88 bits per heavy atom. The lowest BCUT2D eigenvalue weighted by molar-refractivity contribution is 0.545. The smallest absolute Gasteiger partial charge is 0.214 e. The zero-order valence-electron chi connectivity index (χ0n) is 14.3. The summed E-state index contributed by atoms with van der Waals surface area (Å²) in [5.74, 6) is 0.388. The molecule has 0 saturated heterocycles. The van der Waals surface area contributed by atoms with Gasteiger partial charge in [-0.05, 0) is 37.7 Å². The Morgan fingerprint density at radius 1 is 1.27 bits per heavy atom. The first-order valence-electron chi connectivity index (χ1n) is 9.00. The molecular weight excluding hydrogens is 350 g/mol. The van der Waals surface area contributed by atoms with Gasteiger partial charge in [0, 0.05) is 30.0 Å². The molecule has 8 heteroatoms. The molecule has 3 unspecified atom stereocenters. The molecular formula is C18H21N5O2S. The minimum atomic E-state index is -3.18. The van der Waals surface area contributed by atoms with Crippen LogP contribution in [0.2, 0.25) is 0 Å². The van der Waals surface area contributed by atoms with E-state index in [2.05, 4.69) is 30.7 Å². The van der Waals surface area contributed by atoms with E-state index >= 15 is 0 Å². The van der Waals surface area contributed by atoms with Crippen molar-refractivity contribution in [3.05, 3.63) is 43.0 Å². The van der Waals surface area contributed by atoms with Gasteiger partial charge in [-0.3, -0.25) is 4.40 Å². The van der Waals surface area contributed by atoms with Gasteiger partial charge in [0.2, 0.25) is 10.0 Å². The predicted octanol–water partition coefficient (Wildman–Crippen LogP) is 2.34. The van der Waals surface area contributed by atoms with Crippen molar-refractivity contribution in [1.82, 2.24) is 24.1 Å². The number of sulfonamides is 1. The monoisotopic (exact) mass is 371 g/mol. The highest BCUT2D eigenvalue weighted by Crippen LogP contribution is 2.42. The van der Waals surface area contributed by atoms with Gasteiger partial charge in [-0.25, -0.2) is 23.1 Å². The van der Waals surface area contributed by atoms with Gasteiger partial charge in [0.25, 0.3) is 0 Å². The second kappa shape index (κ2) is 5.65. The largest absolute Gasteiger partial charge is 0.345 e. The van der Waals surface area contributed by atoms with Crippen LogP contribution in [0.5, 0.6) is 0 Å². The fourth-order valence-electron chi connectivity index (χ4n) is 4.23. The number of nitrogens with one attached hydrogen (secondary N) is 2. The van der Waals surface area contributed by atoms with Gasteiger partial charge in [0.05, 0.1) is 17.0 Å². The molecule has 0 bridgehead atoms. The fraction of sp³-hybridized carbons (Fsp3) is 0.444. The number of hydrogen-bond acceptors (Lipinski definition) is 4. The standard InChI is InChI=1S/C18H21N5O2S/c1-2-11-7-12(22-26(24,25)13-3-4-13)8-14(11)16-9-20-17-10-21-18-15(23(16)17)5-6-19-18/h2,5-6,9-14,19,22H,1,3-4,7-8H2. The van der Waals surface area contributed by atoms with Gasteiger partial charge >= 0.3 is 0 Å². The van der Waals surface area contributed by atoms with Crippen molar-refractivity contribution in [2.24, 2.45) is 5.92 Å². The number of nitrogens with zero attached hydrogens (tertiary/aromatic N) is 3. The maximum Gasteiger partial charge on any atom is 0.214 e. The molecule has 2 N–H and O–H groups in total. The third-order valence-electron chi connectivity index (χ3n) is 5.66. The van der Waals surface area contributed by atoms with E-state index in [0.29, 0.717) is 0 Å². The van der Waals surface area contributed by atoms with E-state index in [1.165, 1.54) is 0 Å². The molecule has 136 valence electrons. The molecule has 0 radical (unpaired) electrons. The zero-order chi connectivity index (χ0) is 17.9. The summed E-state index contributed by atoms with van der Waals surface area (Å²) in [7, 11) is -3.18. The quantitative estimate of drug-likeness (QED) is 0.674. The average molecular weight is 371 g/mol. The highest BCUT2D eigenvalue weighted by atomic mass is 32.2. The molecule has 0 aromatic carbocycles. The second-order valence-corrected chi connectivity index (χ2v) is 9.38. The molecule has 3 heterocycles. The van der Waals surface area contributed by atoms with Crippen molar-refractivity contribution in [3.63, 3.8) is 0 Å². The first-order chi connectivity index (χ1) is 12.6. The average Bonchev–Trinajstić information content (AvgIpc) is 3.06. The van der Waals surface area contributed by atoms with Gasteiger partial charge in [0.1, 0.15) is 0 Å². The van der Waals surface area contributed by atoms with Crippen LogP contribution in [0.1, 0.15) is 37.3 Å². The van der Waals surface area contributed by atoms with Gasteiger partial charge in [0.15, 0.2) is 11.3 Å². The van der Waals surface area contributed by atoms with Gasteiger partial charge in [-0.1, -0.05) is 6.08 Å². The summed E-state index contributed by atoms with van der Waals surface area (Å²) in [6, 6.07) is 1.94.